The largest absolute Gasteiger partial charge is 0.349 e. The van der Waals surface area contributed by atoms with Crippen LogP contribution in [-0.2, 0) is 16.1 Å². The minimum atomic E-state index is -0.254. The maximum absolute atomic E-state index is 12.6. The molecule has 0 spiro atoms. The summed E-state index contributed by atoms with van der Waals surface area (Å²) in [6.07, 6.45) is 4.43. The highest BCUT2D eigenvalue weighted by molar-refractivity contribution is 5.89. The Balaban J connectivity index is 0.00000208. The van der Waals surface area contributed by atoms with E-state index in [9.17, 15) is 9.59 Å². The number of nitrogens with two attached hydrogens (primary N) is 1. The molecule has 3 rings (SSSR count). The highest BCUT2D eigenvalue weighted by Gasteiger charge is 2.39. The van der Waals surface area contributed by atoms with Crippen molar-refractivity contribution in [3.8, 4) is 0 Å². The van der Waals surface area contributed by atoms with Crippen molar-refractivity contribution in [1.82, 2.24) is 10.2 Å². The standard InChI is InChI=1S/C18H25N3O2.ClH/c19-13-18(8-4-5-9-18)20-17(23)15-10-16(22)21(12-15)11-14-6-2-1-3-7-14;/h1-3,6-7,15H,4-5,8-13,19H2,(H,20,23);1H. The van der Waals surface area contributed by atoms with Gasteiger partial charge < -0.3 is 16.0 Å². The van der Waals surface area contributed by atoms with Gasteiger partial charge in [-0.25, -0.2) is 0 Å². The molecule has 132 valence electrons. The first-order chi connectivity index (χ1) is 11.1. The van der Waals surface area contributed by atoms with Gasteiger partial charge in [0.15, 0.2) is 0 Å². The van der Waals surface area contributed by atoms with E-state index in [2.05, 4.69) is 5.32 Å². The van der Waals surface area contributed by atoms with Crippen LogP contribution in [0.15, 0.2) is 30.3 Å². The van der Waals surface area contributed by atoms with E-state index in [1.165, 1.54) is 0 Å². The van der Waals surface area contributed by atoms with Gasteiger partial charge in [0, 0.05) is 26.1 Å². The molecule has 2 aliphatic rings. The van der Waals surface area contributed by atoms with Crippen LogP contribution in [-0.4, -0.2) is 35.3 Å². The Hall–Kier alpha value is -1.59. The van der Waals surface area contributed by atoms with Crippen LogP contribution in [0.5, 0.6) is 0 Å². The van der Waals surface area contributed by atoms with Gasteiger partial charge in [0.25, 0.3) is 0 Å². The third kappa shape index (κ3) is 4.08. The normalized spacial score (nSPS) is 22.3. The first kappa shape index (κ1) is 18.7. The van der Waals surface area contributed by atoms with Crippen molar-refractivity contribution >= 4 is 24.2 Å². The highest BCUT2D eigenvalue weighted by Crippen LogP contribution is 2.30. The van der Waals surface area contributed by atoms with Gasteiger partial charge in [0.1, 0.15) is 0 Å². The van der Waals surface area contributed by atoms with Crippen molar-refractivity contribution in [3.63, 3.8) is 0 Å². The molecule has 0 bridgehead atoms. The third-order valence-corrected chi connectivity index (χ3v) is 5.14. The fourth-order valence-electron chi connectivity index (χ4n) is 3.70. The predicted molar refractivity (Wildman–Crippen MR) is 95.6 cm³/mol. The van der Waals surface area contributed by atoms with Gasteiger partial charge in [0.05, 0.1) is 11.5 Å². The van der Waals surface area contributed by atoms with E-state index in [1.807, 2.05) is 30.3 Å². The zero-order valence-corrected chi connectivity index (χ0v) is 14.7. The number of carbonyl (C=O) groups excluding carboxylic acids is 2. The number of hydrogen-bond donors (Lipinski definition) is 2. The molecule has 1 saturated carbocycles. The molecule has 1 aliphatic heterocycles. The second kappa shape index (κ2) is 7.99. The van der Waals surface area contributed by atoms with Gasteiger partial charge in [-0.2, -0.15) is 0 Å². The van der Waals surface area contributed by atoms with Crippen molar-refractivity contribution in [1.29, 1.82) is 0 Å². The van der Waals surface area contributed by atoms with Crippen LogP contribution in [0, 0.1) is 5.92 Å². The highest BCUT2D eigenvalue weighted by atomic mass is 35.5. The van der Waals surface area contributed by atoms with E-state index in [4.69, 9.17) is 5.73 Å². The number of carbonyl (C=O) groups is 2. The van der Waals surface area contributed by atoms with Gasteiger partial charge in [-0.1, -0.05) is 43.2 Å². The van der Waals surface area contributed by atoms with E-state index >= 15 is 0 Å². The summed E-state index contributed by atoms with van der Waals surface area (Å²) in [6, 6.07) is 9.89. The van der Waals surface area contributed by atoms with Gasteiger partial charge in [-0.15, -0.1) is 12.4 Å². The molecule has 1 unspecified atom stereocenters. The lowest BCUT2D eigenvalue weighted by Gasteiger charge is -2.30. The van der Waals surface area contributed by atoms with Crippen LogP contribution in [0.2, 0.25) is 0 Å². The van der Waals surface area contributed by atoms with Crippen molar-refractivity contribution < 1.29 is 9.59 Å². The van der Waals surface area contributed by atoms with Crippen LogP contribution < -0.4 is 11.1 Å². The molecule has 3 N–H and O–H groups in total. The Labute approximate surface area is 149 Å². The van der Waals surface area contributed by atoms with E-state index in [0.717, 1.165) is 31.2 Å². The van der Waals surface area contributed by atoms with Crippen molar-refractivity contribution in [3.05, 3.63) is 35.9 Å². The molecular formula is C18H26ClN3O2. The van der Waals surface area contributed by atoms with E-state index in [1.54, 1.807) is 4.90 Å². The van der Waals surface area contributed by atoms with Crippen molar-refractivity contribution in [2.24, 2.45) is 11.7 Å². The predicted octanol–water partition coefficient (Wildman–Crippen LogP) is 1.84. The Bertz CT molecular complexity index is 573. The number of hydrogen-bond acceptors (Lipinski definition) is 3. The first-order valence-corrected chi connectivity index (χ1v) is 8.46. The van der Waals surface area contributed by atoms with Gasteiger partial charge in [0.2, 0.25) is 11.8 Å². The first-order valence-electron chi connectivity index (χ1n) is 8.46. The summed E-state index contributed by atoms with van der Waals surface area (Å²) in [5.41, 5.74) is 6.73. The van der Waals surface area contributed by atoms with Crippen LogP contribution in [0.4, 0.5) is 0 Å². The molecule has 1 atom stereocenters. The Morgan fingerprint density at radius 1 is 1.25 bits per heavy atom. The van der Waals surface area contributed by atoms with Gasteiger partial charge in [-0.05, 0) is 18.4 Å². The molecule has 1 heterocycles. The molecule has 1 aromatic carbocycles. The number of nitrogens with one attached hydrogen (secondary N) is 1. The summed E-state index contributed by atoms with van der Waals surface area (Å²) in [5.74, 6) is -0.210. The van der Waals surface area contributed by atoms with Crippen LogP contribution in [0.25, 0.3) is 0 Å². The summed E-state index contributed by atoms with van der Waals surface area (Å²) in [4.78, 5) is 26.5. The van der Waals surface area contributed by atoms with E-state index in [-0.39, 0.29) is 35.7 Å². The fraction of sp³-hybridized carbons (Fsp3) is 0.556. The fourth-order valence-corrected chi connectivity index (χ4v) is 3.70. The number of amides is 2. The summed E-state index contributed by atoms with van der Waals surface area (Å²) in [7, 11) is 0. The lowest BCUT2D eigenvalue weighted by molar-refractivity contribution is -0.129. The molecule has 24 heavy (non-hydrogen) atoms. The quantitative estimate of drug-likeness (QED) is 0.850. The summed E-state index contributed by atoms with van der Waals surface area (Å²) >= 11 is 0. The minimum Gasteiger partial charge on any atom is -0.349 e. The molecule has 6 heteroatoms. The smallest absolute Gasteiger partial charge is 0.225 e. The summed E-state index contributed by atoms with van der Waals surface area (Å²) in [5, 5.41) is 3.15. The lowest BCUT2D eigenvalue weighted by atomic mass is 9.96. The maximum Gasteiger partial charge on any atom is 0.225 e. The lowest BCUT2D eigenvalue weighted by Crippen LogP contribution is -2.53. The molecule has 5 nitrogen and oxygen atoms in total. The number of benzene rings is 1. The Morgan fingerprint density at radius 3 is 2.54 bits per heavy atom. The monoisotopic (exact) mass is 351 g/mol. The van der Waals surface area contributed by atoms with Gasteiger partial charge >= 0.3 is 0 Å². The van der Waals surface area contributed by atoms with E-state index < -0.39 is 0 Å². The number of likely N-dealkylation sites (tertiary alicyclic amines) is 1. The Morgan fingerprint density at radius 2 is 1.92 bits per heavy atom. The minimum absolute atomic E-state index is 0. The average molecular weight is 352 g/mol. The summed E-state index contributed by atoms with van der Waals surface area (Å²) in [6.45, 7) is 1.55. The molecule has 0 aromatic heterocycles. The van der Waals surface area contributed by atoms with Gasteiger partial charge in [-0.3, -0.25) is 9.59 Å². The number of halogens is 1. The molecular weight excluding hydrogens is 326 g/mol. The van der Waals surface area contributed by atoms with Crippen LogP contribution in [0.3, 0.4) is 0 Å². The molecule has 2 fully saturated rings. The molecule has 1 saturated heterocycles. The molecule has 1 aromatic rings. The van der Waals surface area contributed by atoms with Crippen molar-refractivity contribution in [2.45, 2.75) is 44.2 Å². The zero-order valence-electron chi connectivity index (χ0n) is 13.9. The summed E-state index contributed by atoms with van der Waals surface area (Å²) < 4.78 is 0. The van der Waals surface area contributed by atoms with E-state index in [0.29, 0.717) is 26.1 Å². The maximum atomic E-state index is 12.6. The second-order valence-corrected chi connectivity index (χ2v) is 6.84. The number of rotatable bonds is 5. The second-order valence-electron chi connectivity index (χ2n) is 6.84. The average Bonchev–Trinajstić information content (AvgIpc) is 3.17. The van der Waals surface area contributed by atoms with Crippen LogP contribution >= 0.6 is 12.4 Å². The SMILES string of the molecule is Cl.NCC1(NC(=O)C2CC(=O)N(Cc3ccccc3)C2)CCCC1. The van der Waals surface area contributed by atoms with Crippen LogP contribution in [0.1, 0.15) is 37.7 Å². The Kier molecular flexibility index (Phi) is 6.24. The van der Waals surface area contributed by atoms with Crippen molar-refractivity contribution in [2.75, 3.05) is 13.1 Å². The topological polar surface area (TPSA) is 75.4 Å². The molecule has 1 aliphatic carbocycles. The zero-order chi connectivity index (χ0) is 16.3. The third-order valence-electron chi connectivity index (χ3n) is 5.14. The number of nitrogens with zero attached hydrogens (tertiary/aromatic N) is 1. The molecule has 0 radical (unpaired) electrons. The molecule has 2 amide bonds.